The molecular weight excluding hydrogens is 316 g/mol. The number of rotatable bonds is 6. The largest absolute Gasteiger partial charge is 0.493 e. The SMILES string of the molecule is COc1ccc(NC(=O)Cc2ccc(N3CCCC3)cc2)cc1OC. The summed E-state index contributed by atoms with van der Waals surface area (Å²) < 4.78 is 10.5. The molecule has 2 aromatic carbocycles. The fraction of sp³-hybridized carbons (Fsp3) is 0.350. The molecule has 1 aliphatic rings. The van der Waals surface area contributed by atoms with Gasteiger partial charge < -0.3 is 19.7 Å². The first-order valence-electron chi connectivity index (χ1n) is 8.55. The van der Waals surface area contributed by atoms with Crippen LogP contribution in [0.3, 0.4) is 0 Å². The quantitative estimate of drug-likeness (QED) is 0.875. The number of amides is 1. The minimum atomic E-state index is -0.0545. The standard InChI is InChI=1S/C20H24N2O3/c1-24-18-10-7-16(14-19(18)25-2)21-20(23)13-15-5-8-17(9-6-15)22-11-3-4-12-22/h5-10,14H,3-4,11-13H2,1-2H3,(H,21,23). The topological polar surface area (TPSA) is 50.8 Å². The molecule has 0 saturated carbocycles. The number of nitrogens with one attached hydrogen (secondary N) is 1. The first-order chi connectivity index (χ1) is 12.2. The van der Waals surface area contributed by atoms with Crippen LogP contribution in [0.1, 0.15) is 18.4 Å². The molecule has 0 atom stereocenters. The zero-order valence-corrected chi connectivity index (χ0v) is 14.7. The van der Waals surface area contributed by atoms with Gasteiger partial charge in [-0.15, -0.1) is 0 Å². The van der Waals surface area contributed by atoms with E-state index in [-0.39, 0.29) is 5.91 Å². The Morgan fingerprint density at radius 3 is 2.32 bits per heavy atom. The normalized spacial score (nSPS) is 13.6. The van der Waals surface area contributed by atoms with E-state index >= 15 is 0 Å². The van der Waals surface area contributed by atoms with Crippen LogP contribution in [0.25, 0.3) is 0 Å². The number of carbonyl (C=O) groups is 1. The van der Waals surface area contributed by atoms with E-state index < -0.39 is 0 Å². The molecule has 1 fully saturated rings. The number of methoxy groups -OCH3 is 2. The smallest absolute Gasteiger partial charge is 0.228 e. The van der Waals surface area contributed by atoms with Gasteiger partial charge in [-0.3, -0.25) is 4.79 Å². The third-order valence-electron chi connectivity index (χ3n) is 4.44. The molecule has 5 nitrogen and oxygen atoms in total. The second-order valence-corrected chi connectivity index (χ2v) is 6.16. The monoisotopic (exact) mass is 340 g/mol. The lowest BCUT2D eigenvalue weighted by atomic mass is 10.1. The summed E-state index contributed by atoms with van der Waals surface area (Å²) in [6.07, 6.45) is 2.86. The van der Waals surface area contributed by atoms with Crippen molar-refractivity contribution >= 4 is 17.3 Å². The Balaban J connectivity index is 1.60. The van der Waals surface area contributed by atoms with Crippen molar-refractivity contribution in [2.24, 2.45) is 0 Å². The molecule has 25 heavy (non-hydrogen) atoms. The molecule has 1 saturated heterocycles. The van der Waals surface area contributed by atoms with E-state index in [2.05, 4.69) is 22.3 Å². The average molecular weight is 340 g/mol. The predicted molar refractivity (Wildman–Crippen MR) is 99.8 cm³/mol. The molecule has 0 bridgehead atoms. The van der Waals surface area contributed by atoms with Gasteiger partial charge in [0.25, 0.3) is 0 Å². The fourth-order valence-electron chi connectivity index (χ4n) is 3.10. The highest BCUT2D eigenvalue weighted by atomic mass is 16.5. The molecule has 1 amide bonds. The maximum atomic E-state index is 12.3. The summed E-state index contributed by atoms with van der Waals surface area (Å²) in [6, 6.07) is 13.6. The van der Waals surface area contributed by atoms with Crippen LogP contribution in [-0.2, 0) is 11.2 Å². The summed E-state index contributed by atoms with van der Waals surface area (Å²) >= 11 is 0. The highest BCUT2D eigenvalue weighted by molar-refractivity contribution is 5.92. The summed E-state index contributed by atoms with van der Waals surface area (Å²) in [6.45, 7) is 2.25. The van der Waals surface area contributed by atoms with Gasteiger partial charge in [-0.25, -0.2) is 0 Å². The predicted octanol–water partition coefficient (Wildman–Crippen LogP) is 3.49. The number of nitrogens with zero attached hydrogens (tertiary/aromatic N) is 1. The van der Waals surface area contributed by atoms with Gasteiger partial charge in [-0.05, 0) is 42.7 Å². The van der Waals surface area contributed by atoms with E-state index in [9.17, 15) is 4.79 Å². The van der Waals surface area contributed by atoms with Crippen LogP contribution < -0.4 is 19.7 Å². The van der Waals surface area contributed by atoms with Crippen LogP contribution in [0.4, 0.5) is 11.4 Å². The Kier molecular flexibility index (Phi) is 5.43. The van der Waals surface area contributed by atoms with Crippen molar-refractivity contribution in [3.8, 4) is 11.5 Å². The molecule has 0 unspecified atom stereocenters. The molecular formula is C20H24N2O3. The minimum Gasteiger partial charge on any atom is -0.493 e. The summed E-state index contributed by atoms with van der Waals surface area (Å²) in [4.78, 5) is 14.7. The molecule has 3 rings (SSSR count). The van der Waals surface area contributed by atoms with E-state index in [0.717, 1.165) is 18.7 Å². The lowest BCUT2D eigenvalue weighted by Crippen LogP contribution is -2.18. The molecule has 0 aliphatic carbocycles. The van der Waals surface area contributed by atoms with E-state index in [4.69, 9.17) is 9.47 Å². The summed E-state index contributed by atoms with van der Waals surface area (Å²) in [5.74, 6) is 1.18. The van der Waals surface area contributed by atoms with Gasteiger partial charge in [-0.2, -0.15) is 0 Å². The minimum absolute atomic E-state index is 0.0545. The molecule has 1 aliphatic heterocycles. The van der Waals surface area contributed by atoms with Crippen molar-refractivity contribution in [2.75, 3.05) is 37.5 Å². The highest BCUT2D eigenvalue weighted by Gasteiger charge is 2.12. The molecule has 0 aromatic heterocycles. The lowest BCUT2D eigenvalue weighted by molar-refractivity contribution is -0.115. The van der Waals surface area contributed by atoms with Crippen LogP contribution in [-0.4, -0.2) is 33.2 Å². The third-order valence-corrected chi connectivity index (χ3v) is 4.44. The van der Waals surface area contributed by atoms with Gasteiger partial charge in [0.15, 0.2) is 11.5 Å². The second kappa shape index (κ2) is 7.92. The number of hydrogen-bond donors (Lipinski definition) is 1. The molecule has 1 heterocycles. The zero-order valence-electron chi connectivity index (χ0n) is 14.7. The van der Waals surface area contributed by atoms with E-state index in [1.165, 1.54) is 18.5 Å². The van der Waals surface area contributed by atoms with Gasteiger partial charge in [-0.1, -0.05) is 12.1 Å². The van der Waals surface area contributed by atoms with E-state index in [0.29, 0.717) is 23.6 Å². The molecule has 1 N–H and O–H groups in total. The van der Waals surface area contributed by atoms with Gasteiger partial charge >= 0.3 is 0 Å². The van der Waals surface area contributed by atoms with Crippen LogP contribution in [0.5, 0.6) is 11.5 Å². The second-order valence-electron chi connectivity index (χ2n) is 6.16. The zero-order chi connectivity index (χ0) is 17.6. The fourth-order valence-corrected chi connectivity index (χ4v) is 3.10. The van der Waals surface area contributed by atoms with Gasteiger partial charge in [0.05, 0.1) is 20.6 Å². The molecule has 132 valence electrons. The van der Waals surface area contributed by atoms with Crippen molar-refractivity contribution < 1.29 is 14.3 Å². The molecule has 0 radical (unpaired) electrons. The maximum absolute atomic E-state index is 12.3. The lowest BCUT2D eigenvalue weighted by Gasteiger charge is -2.17. The van der Waals surface area contributed by atoms with Crippen molar-refractivity contribution in [1.82, 2.24) is 0 Å². The van der Waals surface area contributed by atoms with Crippen LogP contribution in [0.15, 0.2) is 42.5 Å². The van der Waals surface area contributed by atoms with Gasteiger partial charge in [0.2, 0.25) is 5.91 Å². The Morgan fingerprint density at radius 1 is 1.00 bits per heavy atom. The summed E-state index contributed by atoms with van der Waals surface area (Å²) in [5.41, 5.74) is 2.93. The van der Waals surface area contributed by atoms with Crippen LogP contribution >= 0.6 is 0 Å². The average Bonchev–Trinajstić information content (AvgIpc) is 3.17. The van der Waals surface area contributed by atoms with Gasteiger partial charge in [0.1, 0.15) is 0 Å². The van der Waals surface area contributed by atoms with Crippen molar-refractivity contribution in [3.05, 3.63) is 48.0 Å². The van der Waals surface area contributed by atoms with E-state index in [1.54, 1.807) is 32.4 Å². The van der Waals surface area contributed by atoms with Crippen LogP contribution in [0.2, 0.25) is 0 Å². The Bertz CT molecular complexity index is 722. The molecule has 2 aromatic rings. The molecule has 5 heteroatoms. The van der Waals surface area contributed by atoms with Gasteiger partial charge in [0, 0.05) is 30.5 Å². The number of carbonyl (C=O) groups excluding carboxylic acids is 1. The van der Waals surface area contributed by atoms with Crippen molar-refractivity contribution in [2.45, 2.75) is 19.3 Å². The first kappa shape index (κ1) is 17.1. The number of ether oxygens (including phenoxy) is 2. The third kappa shape index (κ3) is 4.24. The Morgan fingerprint density at radius 2 is 1.68 bits per heavy atom. The number of hydrogen-bond acceptors (Lipinski definition) is 4. The molecule has 0 spiro atoms. The Hall–Kier alpha value is -2.69. The van der Waals surface area contributed by atoms with Crippen molar-refractivity contribution in [1.29, 1.82) is 0 Å². The first-order valence-corrected chi connectivity index (χ1v) is 8.55. The highest BCUT2D eigenvalue weighted by Crippen LogP contribution is 2.29. The van der Waals surface area contributed by atoms with Crippen molar-refractivity contribution in [3.63, 3.8) is 0 Å². The van der Waals surface area contributed by atoms with Crippen LogP contribution in [0, 0.1) is 0 Å². The van der Waals surface area contributed by atoms with E-state index in [1.807, 2.05) is 12.1 Å². The summed E-state index contributed by atoms with van der Waals surface area (Å²) in [5, 5.41) is 2.90. The number of anilines is 2. The maximum Gasteiger partial charge on any atom is 0.228 e. The number of benzene rings is 2. The summed E-state index contributed by atoms with van der Waals surface area (Å²) in [7, 11) is 3.16. The Labute approximate surface area is 148 Å².